The topological polar surface area (TPSA) is 80.7 Å². The number of carboxylic acid groups (broad SMARTS) is 1. The summed E-state index contributed by atoms with van der Waals surface area (Å²) < 4.78 is 29.1. The van der Waals surface area contributed by atoms with Crippen LogP contribution in [0.3, 0.4) is 0 Å². The molecule has 0 aliphatic heterocycles. The molecule has 0 unspecified atom stereocenters. The number of rotatable bonds is 10. The van der Waals surface area contributed by atoms with E-state index in [1.165, 1.54) is 0 Å². The molecule has 0 amide bonds. The van der Waals surface area contributed by atoms with Crippen molar-refractivity contribution >= 4 is 16.1 Å². The van der Waals surface area contributed by atoms with Crippen molar-refractivity contribution in [2.45, 2.75) is 43.9 Å². The van der Waals surface area contributed by atoms with Gasteiger partial charge in [-0.15, -0.1) is 0 Å². The lowest BCUT2D eigenvalue weighted by Gasteiger charge is -2.06. The van der Waals surface area contributed by atoms with Gasteiger partial charge >= 0.3 is 5.97 Å². The predicted molar refractivity (Wildman–Crippen MR) is 99.9 cm³/mol. The van der Waals surface area contributed by atoms with E-state index in [4.69, 9.17) is 9.29 Å². The van der Waals surface area contributed by atoms with Crippen LogP contribution < -0.4 is 0 Å². The second-order valence-corrected chi connectivity index (χ2v) is 7.87. The van der Waals surface area contributed by atoms with E-state index in [-0.39, 0.29) is 11.5 Å². The molecule has 0 radical (unpaired) electrons. The molecule has 2 rings (SSSR count). The number of unbranched alkanes of at least 4 members (excludes halogenated alkanes) is 3. The number of hydrogen-bond acceptors (Lipinski definition) is 4. The Morgan fingerprint density at radius 2 is 1.54 bits per heavy atom. The number of carboxylic acids is 1. The normalized spacial score (nSPS) is 11.4. The summed E-state index contributed by atoms with van der Waals surface area (Å²) in [6.07, 6.45) is 4.38. The van der Waals surface area contributed by atoms with Gasteiger partial charge in [0.15, 0.2) is 0 Å². The Balaban J connectivity index is 1.63. The fourth-order valence-electron chi connectivity index (χ4n) is 2.54. The zero-order valence-electron chi connectivity index (χ0n) is 14.8. The molecule has 0 spiro atoms. The monoisotopic (exact) mass is 376 g/mol. The van der Waals surface area contributed by atoms with E-state index in [1.807, 2.05) is 19.1 Å². The highest BCUT2D eigenvalue weighted by Crippen LogP contribution is 2.14. The van der Waals surface area contributed by atoms with E-state index in [9.17, 15) is 13.2 Å². The summed E-state index contributed by atoms with van der Waals surface area (Å²) in [7, 11) is -3.67. The zero-order chi connectivity index (χ0) is 19.0. The third-order valence-electron chi connectivity index (χ3n) is 4.11. The largest absolute Gasteiger partial charge is 0.478 e. The molecule has 2 aromatic rings. The number of aryl methyl sites for hydroxylation is 2. The molecule has 0 heterocycles. The van der Waals surface area contributed by atoms with Crippen LogP contribution in [0.5, 0.6) is 0 Å². The molecule has 0 saturated heterocycles. The average Bonchev–Trinajstić information content (AvgIpc) is 2.61. The van der Waals surface area contributed by atoms with Crippen molar-refractivity contribution in [3.63, 3.8) is 0 Å². The molecule has 6 heteroatoms. The van der Waals surface area contributed by atoms with Gasteiger partial charge in [-0.05, 0) is 56.0 Å². The van der Waals surface area contributed by atoms with Gasteiger partial charge in [-0.25, -0.2) is 4.79 Å². The van der Waals surface area contributed by atoms with Crippen molar-refractivity contribution in [1.82, 2.24) is 0 Å². The number of carbonyl (C=O) groups is 1. The first-order chi connectivity index (χ1) is 12.4. The van der Waals surface area contributed by atoms with Crippen LogP contribution in [-0.2, 0) is 20.7 Å². The molecule has 0 aromatic heterocycles. The Morgan fingerprint density at radius 1 is 0.923 bits per heavy atom. The van der Waals surface area contributed by atoms with E-state index < -0.39 is 16.1 Å². The van der Waals surface area contributed by atoms with Gasteiger partial charge in [0, 0.05) is 0 Å². The highest BCUT2D eigenvalue weighted by atomic mass is 32.2. The molecule has 0 aliphatic carbocycles. The Bertz CT molecular complexity index is 808. The molecule has 0 atom stereocenters. The van der Waals surface area contributed by atoms with Crippen molar-refractivity contribution in [1.29, 1.82) is 0 Å². The second-order valence-electron chi connectivity index (χ2n) is 6.26. The first kappa shape index (κ1) is 20.1. The molecule has 1 N–H and O–H groups in total. The summed E-state index contributed by atoms with van der Waals surface area (Å²) in [6, 6.07) is 13.5. The van der Waals surface area contributed by atoms with Crippen molar-refractivity contribution in [3.8, 4) is 0 Å². The van der Waals surface area contributed by atoms with Crippen molar-refractivity contribution in [2.75, 3.05) is 6.61 Å². The van der Waals surface area contributed by atoms with Gasteiger partial charge in [-0.3, -0.25) is 4.18 Å². The van der Waals surface area contributed by atoms with Gasteiger partial charge in [0.05, 0.1) is 17.1 Å². The van der Waals surface area contributed by atoms with Gasteiger partial charge in [0.2, 0.25) is 0 Å². The maximum absolute atomic E-state index is 12.0. The Hall–Kier alpha value is -2.18. The Morgan fingerprint density at radius 3 is 2.15 bits per heavy atom. The van der Waals surface area contributed by atoms with E-state index >= 15 is 0 Å². The average molecular weight is 376 g/mol. The molecule has 0 saturated carbocycles. The highest BCUT2D eigenvalue weighted by Gasteiger charge is 2.14. The van der Waals surface area contributed by atoms with Gasteiger partial charge < -0.3 is 5.11 Å². The van der Waals surface area contributed by atoms with Crippen molar-refractivity contribution < 1.29 is 22.5 Å². The highest BCUT2D eigenvalue weighted by molar-refractivity contribution is 7.86. The van der Waals surface area contributed by atoms with E-state index in [1.54, 1.807) is 36.4 Å². The quantitative estimate of drug-likeness (QED) is 0.496. The first-order valence-electron chi connectivity index (χ1n) is 8.67. The Labute approximate surface area is 154 Å². The standard InChI is InChI=1S/C20H24O5S/c1-16-7-13-19(14-8-16)26(23,24)25-15-5-3-2-4-6-17-9-11-18(12-10-17)20(21)22/h7-14H,2-6,15H2,1H3,(H,21,22). The van der Waals surface area contributed by atoms with E-state index in [2.05, 4.69) is 0 Å². The number of hydrogen-bond donors (Lipinski definition) is 1. The van der Waals surface area contributed by atoms with Crippen LogP contribution in [0.4, 0.5) is 0 Å². The smallest absolute Gasteiger partial charge is 0.335 e. The van der Waals surface area contributed by atoms with Crippen molar-refractivity contribution in [2.24, 2.45) is 0 Å². The molecule has 2 aromatic carbocycles. The number of benzene rings is 2. The molecule has 0 bridgehead atoms. The Kier molecular flexibility index (Phi) is 7.36. The maximum Gasteiger partial charge on any atom is 0.335 e. The van der Waals surface area contributed by atoms with Gasteiger partial charge in [-0.1, -0.05) is 42.7 Å². The SMILES string of the molecule is Cc1ccc(S(=O)(=O)OCCCCCCc2ccc(C(=O)O)cc2)cc1. The van der Waals surface area contributed by atoms with Crippen LogP contribution >= 0.6 is 0 Å². The minimum Gasteiger partial charge on any atom is -0.478 e. The van der Waals surface area contributed by atoms with Crippen LogP contribution in [0, 0.1) is 6.92 Å². The van der Waals surface area contributed by atoms with Gasteiger partial charge in [0.1, 0.15) is 0 Å². The van der Waals surface area contributed by atoms with Crippen LogP contribution in [0.15, 0.2) is 53.4 Å². The molecule has 0 fully saturated rings. The summed E-state index contributed by atoms with van der Waals surface area (Å²) in [4.78, 5) is 11.0. The summed E-state index contributed by atoms with van der Waals surface area (Å²) >= 11 is 0. The zero-order valence-corrected chi connectivity index (χ0v) is 15.7. The summed E-state index contributed by atoms with van der Waals surface area (Å²) in [5, 5.41) is 8.86. The molecule has 5 nitrogen and oxygen atoms in total. The number of aromatic carboxylic acids is 1. The lowest BCUT2D eigenvalue weighted by molar-refractivity contribution is 0.0697. The third kappa shape index (κ3) is 6.28. The minimum atomic E-state index is -3.67. The maximum atomic E-state index is 12.0. The van der Waals surface area contributed by atoms with Crippen LogP contribution in [0.1, 0.15) is 47.2 Å². The van der Waals surface area contributed by atoms with E-state index in [0.717, 1.165) is 36.8 Å². The molecule has 0 aliphatic rings. The minimum absolute atomic E-state index is 0.184. The summed E-state index contributed by atoms with van der Waals surface area (Å²) in [5.41, 5.74) is 2.40. The lowest BCUT2D eigenvalue weighted by atomic mass is 10.0. The van der Waals surface area contributed by atoms with Gasteiger partial charge in [-0.2, -0.15) is 8.42 Å². The second kappa shape index (κ2) is 9.50. The first-order valence-corrected chi connectivity index (χ1v) is 10.1. The molecular formula is C20H24O5S. The van der Waals surface area contributed by atoms with Crippen LogP contribution in [-0.4, -0.2) is 26.1 Å². The van der Waals surface area contributed by atoms with Gasteiger partial charge in [0.25, 0.3) is 10.1 Å². The molecule has 140 valence electrons. The van der Waals surface area contributed by atoms with Crippen LogP contribution in [0.25, 0.3) is 0 Å². The van der Waals surface area contributed by atoms with Crippen molar-refractivity contribution in [3.05, 3.63) is 65.2 Å². The molecular weight excluding hydrogens is 352 g/mol. The molecule has 26 heavy (non-hydrogen) atoms. The van der Waals surface area contributed by atoms with E-state index in [0.29, 0.717) is 12.0 Å². The fraction of sp³-hybridized carbons (Fsp3) is 0.350. The third-order valence-corrected chi connectivity index (χ3v) is 5.44. The lowest BCUT2D eigenvalue weighted by Crippen LogP contribution is -2.07. The predicted octanol–water partition coefficient (Wildman–Crippen LogP) is 4.20. The summed E-state index contributed by atoms with van der Waals surface area (Å²) in [6.45, 7) is 2.08. The summed E-state index contributed by atoms with van der Waals surface area (Å²) in [5.74, 6) is -0.919. The van der Waals surface area contributed by atoms with Crippen LogP contribution in [0.2, 0.25) is 0 Å². The fourth-order valence-corrected chi connectivity index (χ4v) is 3.48.